The molecule has 0 bridgehead atoms. The third kappa shape index (κ3) is 4.45. The van der Waals surface area contributed by atoms with Crippen LogP contribution in [0.15, 0.2) is 17.5 Å². The summed E-state index contributed by atoms with van der Waals surface area (Å²) >= 11 is 1.64. The molecule has 6 nitrogen and oxygen atoms in total. The van der Waals surface area contributed by atoms with E-state index in [0.717, 1.165) is 17.7 Å². The van der Waals surface area contributed by atoms with Gasteiger partial charge in [0.25, 0.3) is 0 Å². The van der Waals surface area contributed by atoms with Gasteiger partial charge in [0.05, 0.1) is 12.6 Å². The first kappa shape index (κ1) is 17.7. The minimum absolute atomic E-state index is 0.0463. The first-order valence-electron chi connectivity index (χ1n) is 7.95. The van der Waals surface area contributed by atoms with Crippen LogP contribution in [0.2, 0.25) is 0 Å². The Morgan fingerprint density at radius 2 is 2.17 bits per heavy atom. The van der Waals surface area contributed by atoms with E-state index >= 15 is 0 Å². The lowest BCUT2D eigenvalue weighted by molar-refractivity contribution is -0.139. The maximum Gasteiger partial charge on any atom is 0.317 e. The van der Waals surface area contributed by atoms with E-state index in [9.17, 15) is 9.59 Å². The predicted octanol–water partition coefficient (Wildman–Crippen LogP) is 2.39. The standard InChI is InChI=1S/C16H25N3O3S/c1-4-19(10-15(20)21)13-8-12(9-13)17-16(22)18(3)11(2)14-6-5-7-23-14/h5-7,11-13H,4,8-10H2,1-3H3,(H,17,22)(H,20,21). The number of amides is 2. The second-order valence-corrected chi connectivity index (χ2v) is 7.01. The van der Waals surface area contributed by atoms with E-state index in [1.165, 1.54) is 0 Å². The molecule has 0 saturated heterocycles. The first-order chi connectivity index (χ1) is 10.9. The number of hydrogen-bond donors (Lipinski definition) is 2. The van der Waals surface area contributed by atoms with Gasteiger partial charge in [-0.2, -0.15) is 0 Å². The number of hydrogen-bond acceptors (Lipinski definition) is 4. The van der Waals surface area contributed by atoms with Gasteiger partial charge in [-0.05, 0) is 37.8 Å². The lowest BCUT2D eigenvalue weighted by Gasteiger charge is -2.42. The number of carboxylic acid groups (broad SMARTS) is 1. The Kier molecular flexibility index (Phi) is 6.01. The third-order valence-corrected chi connectivity index (χ3v) is 5.60. The fourth-order valence-corrected chi connectivity index (χ4v) is 3.68. The zero-order valence-electron chi connectivity index (χ0n) is 13.9. The molecule has 1 aliphatic carbocycles. The van der Waals surface area contributed by atoms with Crippen molar-refractivity contribution >= 4 is 23.3 Å². The maximum absolute atomic E-state index is 12.3. The van der Waals surface area contributed by atoms with Crippen molar-refractivity contribution in [2.24, 2.45) is 0 Å². The van der Waals surface area contributed by atoms with Crippen molar-refractivity contribution in [2.75, 3.05) is 20.1 Å². The zero-order chi connectivity index (χ0) is 17.0. The molecule has 2 rings (SSSR count). The van der Waals surface area contributed by atoms with Gasteiger partial charge >= 0.3 is 12.0 Å². The number of rotatable bonds is 7. The fourth-order valence-electron chi connectivity index (χ4n) is 2.85. The highest BCUT2D eigenvalue weighted by atomic mass is 32.1. The summed E-state index contributed by atoms with van der Waals surface area (Å²) in [6.45, 7) is 4.76. The average Bonchev–Trinajstić information content (AvgIpc) is 3.00. The molecule has 0 aliphatic heterocycles. The number of nitrogens with one attached hydrogen (secondary N) is 1. The van der Waals surface area contributed by atoms with E-state index in [1.54, 1.807) is 23.3 Å². The van der Waals surface area contributed by atoms with Crippen LogP contribution in [-0.2, 0) is 4.79 Å². The number of urea groups is 1. The van der Waals surface area contributed by atoms with Gasteiger partial charge in [-0.15, -0.1) is 11.3 Å². The molecule has 2 N–H and O–H groups in total. The molecule has 0 spiro atoms. The number of carboxylic acids is 1. The molecule has 1 atom stereocenters. The number of likely N-dealkylation sites (N-methyl/N-ethyl adjacent to an activating group) is 1. The highest BCUT2D eigenvalue weighted by Gasteiger charge is 2.35. The van der Waals surface area contributed by atoms with Gasteiger partial charge < -0.3 is 15.3 Å². The summed E-state index contributed by atoms with van der Waals surface area (Å²) in [7, 11) is 1.80. The van der Waals surface area contributed by atoms with Crippen molar-refractivity contribution < 1.29 is 14.7 Å². The Morgan fingerprint density at radius 3 is 2.70 bits per heavy atom. The quantitative estimate of drug-likeness (QED) is 0.800. The molecule has 0 aromatic carbocycles. The molecule has 1 fully saturated rings. The van der Waals surface area contributed by atoms with Gasteiger partial charge in [-0.1, -0.05) is 13.0 Å². The predicted molar refractivity (Wildman–Crippen MR) is 90.7 cm³/mol. The molecule has 1 unspecified atom stereocenters. The van der Waals surface area contributed by atoms with Gasteiger partial charge in [0.15, 0.2) is 0 Å². The summed E-state index contributed by atoms with van der Waals surface area (Å²) in [6.07, 6.45) is 1.63. The first-order valence-corrected chi connectivity index (χ1v) is 8.82. The molecular weight excluding hydrogens is 314 g/mol. The molecule has 23 heavy (non-hydrogen) atoms. The van der Waals surface area contributed by atoms with Crippen LogP contribution >= 0.6 is 11.3 Å². The number of nitrogens with zero attached hydrogens (tertiary/aromatic N) is 2. The van der Waals surface area contributed by atoms with Crippen molar-refractivity contribution in [3.05, 3.63) is 22.4 Å². The molecule has 0 radical (unpaired) electrons. The summed E-state index contributed by atoms with van der Waals surface area (Å²) < 4.78 is 0. The van der Waals surface area contributed by atoms with E-state index in [-0.39, 0.29) is 30.7 Å². The highest BCUT2D eigenvalue weighted by molar-refractivity contribution is 7.10. The van der Waals surface area contributed by atoms with Gasteiger partial charge in [-0.25, -0.2) is 4.79 Å². The van der Waals surface area contributed by atoms with Gasteiger partial charge in [-0.3, -0.25) is 9.69 Å². The van der Waals surface area contributed by atoms with E-state index < -0.39 is 5.97 Å². The minimum atomic E-state index is -0.802. The number of carbonyl (C=O) groups excluding carboxylic acids is 1. The SMILES string of the molecule is CCN(CC(=O)O)C1CC(NC(=O)N(C)C(C)c2cccs2)C1. The van der Waals surface area contributed by atoms with Crippen LogP contribution in [0.1, 0.15) is 37.6 Å². The van der Waals surface area contributed by atoms with Crippen molar-refractivity contribution in [2.45, 2.75) is 44.8 Å². The summed E-state index contributed by atoms with van der Waals surface area (Å²) in [6, 6.07) is 4.37. The second kappa shape index (κ2) is 7.79. The van der Waals surface area contributed by atoms with Crippen molar-refractivity contribution in [3.8, 4) is 0 Å². The Morgan fingerprint density at radius 1 is 1.48 bits per heavy atom. The Balaban J connectivity index is 1.78. The maximum atomic E-state index is 12.3. The topological polar surface area (TPSA) is 72.9 Å². The summed E-state index contributed by atoms with van der Waals surface area (Å²) in [4.78, 5) is 28.0. The van der Waals surface area contributed by atoms with Gasteiger partial charge in [0.1, 0.15) is 0 Å². The smallest absolute Gasteiger partial charge is 0.317 e. The Bertz CT molecular complexity index is 529. The fraction of sp³-hybridized carbons (Fsp3) is 0.625. The zero-order valence-corrected chi connectivity index (χ0v) is 14.7. The second-order valence-electron chi connectivity index (χ2n) is 6.03. The van der Waals surface area contributed by atoms with Crippen LogP contribution in [0.3, 0.4) is 0 Å². The van der Waals surface area contributed by atoms with Crippen LogP contribution in [0.5, 0.6) is 0 Å². The number of thiophene rings is 1. The molecule has 1 aromatic heterocycles. The van der Waals surface area contributed by atoms with Crippen LogP contribution in [0, 0.1) is 0 Å². The van der Waals surface area contributed by atoms with E-state index in [1.807, 2.05) is 36.3 Å². The van der Waals surface area contributed by atoms with E-state index in [0.29, 0.717) is 6.54 Å². The number of aliphatic carboxylic acids is 1. The Labute approximate surface area is 141 Å². The van der Waals surface area contributed by atoms with E-state index in [2.05, 4.69) is 5.32 Å². The van der Waals surface area contributed by atoms with Crippen LogP contribution in [-0.4, -0.2) is 59.1 Å². The molecule has 1 heterocycles. The van der Waals surface area contributed by atoms with Crippen LogP contribution in [0.4, 0.5) is 4.79 Å². The highest BCUT2D eigenvalue weighted by Crippen LogP contribution is 2.27. The minimum Gasteiger partial charge on any atom is -0.480 e. The summed E-state index contributed by atoms with van der Waals surface area (Å²) in [5.41, 5.74) is 0. The monoisotopic (exact) mass is 339 g/mol. The van der Waals surface area contributed by atoms with Gasteiger partial charge in [0.2, 0.25) is 0 Å². The van der Waals surface area contributed by atoms with Crippen molar-refractivity contribution in [3.63, 3.8) is 0 Å². The largest absolute Gasteiger partial charge is 0.480 e. The normalized spacial score (nSPS) is 21.6. The average molecular weight is 339 g/mol. The van der Waals surface area contributed by atoms with Crippen LogP contribution < -0.4 is 5.32 Å². The molecule has 128 valence electrons. The van der Waals surface area contributed by atoms with Gasteiger partial charge in [0, 0.05) is 24.0 Å². The number of carbonyl (C=O) groups is 2. The van der Waals surface area contributed by atoms with Crippen LogP contribution in [0.25, 0.3) is 0 Å². The van der Waals surface area contributed by atoms with Crippen molar-refractivity contribution in [1.29, 1.82) is 0 Å². The van der Waals surface area contributed by atoms with E-state index in [4.69, 9.17) is 5.11 Å². The Hall–Kier alpha value is -1.60. The molecule has 1 aliphatic rings. The third-order valence-electron chi connectivity index (χ3n) is 4.56. The summed E-state index contributed by atoms with van der Waals surface area (Å²) in [5, 5.41) is 14.0. The molecule has 1 aromatic rings. The molecule has 2 amide bonds. The summed E-state index contributed by atoms with van der Waals surface area (Å²) in [5.74, 6) is -0.802. The molecule has 1 saturated carbocycles. The molecule has 7 heteroatoms. The van der Waals surface area contributed by atoms with Crippen molar-refractivity contribution in [1.82, 2.24) is 15.1 Å². The molecular formula is C16H25N3O3S. The lowest BCUT2D eigenvalue weighted by Crippen LogP contribution is -2.56. The lowest BCUT2D eigenvalue weighted by atomic mass is 9.85.